The summed E-state index contributed by atoms with van der Waals surface area (Å²) in [6.45, 7) is 4.81. The first kappa shape index (κ1) is 47.2. The molecular weight excluding hydrogens is 1000 g/mol. The van der Waals surface area contributed by atoms with E-state index in [4.69, 9.17) is 0 Å². The molecule has 0 bridgehead atoms. The van der Waals surface area contributed by atoms with Crippen LogP contribution in [-0.2, 0) is 5.41 Å². The van der Waals surface area contributed by atoms with E-state index in [0.717, 1.165) is 28.3 Å². The van der Waals surface area contributed by atoms with E-state index in [0.29, 0.717) is 0 Å². The maximum atomic E-state index is 2.48. The van der Waals surface area contributed by atoms with E-state index in [1.807, 2.05) is 0 Å². The molecule has 0 spiro atoms. The second-order valence-corrected chi connectivity index (χ2v) is 22.9. The molecule has 1 aliphatic carbocycles. The number of para-hydroxylation sites is 6. The third kappa shape index (κ3) is 7.12. The Morgan fingerprint density at radius 3 is 1.25 bits per heavy atom. The van der Waals surface area contributed by atoms with Gasteiger partial charge in [-0.2, -0.15) is 0 Å². The maximum absolute atomic E-state index is 2.48. The summed E-state index contributed by atoms with van der Waals surface area (Å²) in [5, 5.41) is 9.91. The monoisotopic (exact) mass is 1060 g/mol. The van der Waals surface area contributed by atoms with Crippen molar-refractivity contribution in [1.82, 2.24) is 13.7 Å². The van der Waals surface area contributed by atoms with Crippen LogP contribution in [0.1, 0.15) is 25.0 Å². The number of nitrogens with zero attached hydrogens (tertiary/aromatic N) is 4. The fraction of sp³-hybridized carbons (Fsp3) is 0.0380. The first-order valence-electron chi connectivity index (χ1n) is 28.8. The molecule has 1 aliphatic rings. The average Bonchev–Trinajstić information content (AvgIpc) is 2.38. The van der Waals surface area contributed by atoms with Gasteiger partial charge in [0.2, 0.25) is 0 Å². The summed E-state index contributed by atoms with van der Waals surface area (Å²) in [6.07, 6.45) is 0. The summed E-state index contributed by atoms with van der Waals surface area (Å²) in [6, 6.07) is 108. The third-order valence-electron chi connectivity index (χ3n) is 18.0. The zero-order valence-electron chi connectivity index (χ0n) is 46.0. The second kappa shape index (κ2) is 18.2. The quantitative estimate of drug-likeness (QED) is 0.148. The molecule has 0 radical (unpaired) electrons. The number of hydrogen-bond donors (Lipinski definition) is 0. The first-order chi connectivity index (χ1) is 40.9. The van der Waals surface area contributed by atoms with Crippen LogP contribution >= 0.6 is 0 Å². The van der Waals surface area contributed by atoms with E-state index in [1.54, 1.807) is 0 Å². The van der Waals surface area contributed by atoms with Crippen molar-refractivity contribution in [1.29, 1.82) is 0 Å². The standard InChI is InChI=1S/C79H54N4/c1-79(2)69-49-57(41-43-59(69)60-44-42-58(50-70(60)79)82-71-27-13-8-22-61(71)62-23-9-14-28-72(62)82)80(76-46-47-77(66-21-7-6-20-65(66)76)83-74-30-16-10-24-63(74)64-25-11-17-31-75(64)83)56-39-36-52(37-40-56)51-32-34-53(35-33-51)54-38-45-78-68(48-54)67-26-12-15-29-73(67)81(78)55-18-4-3-5-19-55/h3-50H,1-2H3. The molecule has 16 aromatic rings. The Kier molecular flexibility index (Phi) is 10.3. The topological polar surface area (TPSA) is 18.0 Å². The van der Waals surface area contributed by atoms with Gasteiger partial charge < -0.3 is 18.6 Å². The molecule has 3 heterocycles. The number of rotatable bonds is 8. The predicted octanol–water partition coefficient (Wildman–Crippen LogP) is 21.2. The molecule has 0 unspecified atom stereocenters. The molecule has 0 aliphatic heterocycles. The van der Waals surface area contributed by atoms with Crippen molar-refractivity contribution in [3.05, 3.63) is 302 Å². The summed E-state index contributed by atoms with van der Waals surface area (Å²) in [5.74, 6) is 0. The number of hydrogen-bond acceptors (Lipinski definition) is 1. The smallest absolute Gasteiger partial charge is 0.0542 e. The molecule has 4 heteroatoms. The van der Waals surface area contributed by atoms with Gasteiger partial charge in [-0.1, -0.05) is 202 Å². The molecule has 3 aromatic heterocycles. The van der Waals surface area contributed by atoms with Crippen molar-refractivity contribution >= 4 is 93.3 Å². The predicted molar refractivity (Wildman–Crippen MR) is 350 cm³/mol. The van der Waals surface area contributed by atoms with Gasteiger partial charge in [-0.15, -0.1) is 0 Å². The molecule has 0 saturated carbocycles. The zero-order valence-corrected chi connectivity index (χ0v) is 46.0. The Labute approximate surface area is 481 Å². The van der Waals surface area contributed by atoms with Crippen LogP contribution in [0.3, 0.4) is 0 Å². The van der Waals surface area contributed by atoms with Crippen LogP contribution in [0, 0.1) is 0 Å². The van der Waals surface area contributed by atoms with Gasteiger partial charge in [-0.25, -0.2) is 0 Å². The molecule has 83 heavy (non-hydrogen) atoms. The number of anilines is 3. The van der Waals surface area contributed by atoms with Crippen molar-refractivity contribution in [2.75, 3.05) is 4.90 Å². The van der Waals surface area contributed by atoms with Crippen LogP contribution in [0.25, 0.3) is 127 Å². The average molecular weight is 1060 g/mol. The Balaban J connectivity index is 0.777. The van der Waals surface area contributed by atoms with E-state index < -0.39 is 0 Å². The van der Waals surface area contributed by atoms with Crippen molar-refractivity contribution in [3.63, 3.8) is 0 Å². The van der Waals surface area contributed by atoms with Crippen LogP contribution in [0.15, 0.2) is 291 Å². The fourth-order valence-corrected chi connectivity index (χ4v) is 14.1. The Bertz CT molecular complexity index is 5180. The fourth-order valence-electron chi connectivity index (χ4n) is 14.1. The third-order valence-corrected chi connectivity index (χ3v) is 18.0. The van der Waals surface area contributed by atoms with Gasteiger partial charge in [-0.3, -0.25) is 0 Å². The maximum Gasteiger partial charge on any atom is 0.0542 e. The number of fused-ring (bicyclic) bond motifs is 13. The normalized spacial score (nSPS) is 12.8. The Hall–Kier alpha value is -10.7. The molecule has 17 rings (SSSR count). The lowest BCUT2D eigenvalue weighted by Crippen LogP contribution is -2.17. The lowest BCUT2D eigenvalue weighted by molar-refractivity contribution is 0.660. The summed E-state index contributed by atoms with van der Waals surface area (Å²) in [4.78, 5) is 2.48. The van der Waals surface area contributed by atoms with Gasteiger partial charge in [0.05, 0.1) is 44.5 Å². The lowest BCUT2D eigenvalue weighted by Gasteiger charge is -2.30. The molecule has 0 atom stereocenters. The van der Waals surface area contributed by atoms with Gasteiger partial charge >= 0.3 is 0 Å². The highest BCUT2D eigenvalue weighted by Gasteiger charge is 2.37. The summed E-state index contributed by atoms with van der Waals surface area (Å²) in [5.41, 5.74) is 23.7. The van der Waals surface area contributed by atoms with E-state index in [1.165, 1.54) is 127 Å². The van der Waals surface area contributed by atoms with Crippen LogP contribution in [0.5, 0.6) is 0 Å². The van der Waals surface area contributed by atoms with E-state index >= 15 is 0 Å². The Morgan fingerprint density at radius 1 is 0.265 bits per heavy atom. The number of benzene rings is 13. The molecule has 4 nitrogen and oxygen atoms in total. The lowest BCUT2D eigenvalue weighted by atomic mass is 9.82. The minimum absolute atomic E-state index is 0.285. The van der Waals surface area contributed by atoms with Gasteiger partial charge in [0.25, 0.3) is 0 Å². The highest BCUT2D eigenvalue weighted by atomic mass is 15.1. The minimum Gasteiger partial charge on any atom is -0.310 e. The number of aromatic nitrogens is 3. The van der Waals surface area contributed by atoms with Crippen LogP contribution in [0.4, 0.5) is 17.1 Å². The SMILES string of the molecule is CC1(C)c2cc(N(c3ccc(-c4ccc(-c5ccc6c(c5)c5ccccc5n6-c5ccccc5)cc4)cc3)c3ccc(-n4c5ccccc5c5ccccc54)c4ccccc34)ccc2-c2ccc(-n3c4ccccc4c4ccccc43)cc21. The van der Waals surface area contributed by atoms with Crippen LogP contribution in [-0.4, -0.2) is 13.7 Å². The largest absolute Gasteiger partial charge is 0.310 e. The van der Waals surface area contributed by atoms with Crippen molar-refractivity contribution < 1.29 is 0 Å². The van der Waals surface area contributed by atoms with E-state index in [2.05, 4.69) is 324 Å². The molecule has 0 N–H and O–H groups in total. The summed E-state index contributed by atoms with van der Waals surface area (Å²) < 4.78 is 7.27. The molecule has 0 saturated heterocycles. The van der Waals surface area contributed by atoms with E-state index in [-0.39, 0.29) is 5.41 Å². The molecule has 390 valence electrons. The first-order valence-corrected chi connectivity index (χ1v) is 28.8. The second-order valence-electron chi connectivity index (χ2n) is 22.9. The van der Waals surface area contributed by atoms with Gasteiger partial charge in [0.1, 0.15) is 0 Å². The minimum atomic E-state index is -0.285. The zero-order chi connectivity index (χ0) is 54.9. The van der Waals surface area contributed by atoms with Gasteiger partial charge in [-0.05, 0) is 148 Å². The van der Waals surface area contributed by atoms with Crippen LogP contribution in [0.2, 0.25) is 0 Å². The van der Waals surface area contributed by atoms with Gasteiger partial charge in [0.15, 0.2) is 0 Å². The van der Waals surface area contributed by atoms with Crippen LogP contribution < -0.4 is 4.90 Å². The Morgan fingerprint density at radius 2 is 0.675 bits per heavy atom. The molecule has 0 fully saturated rings. The molecular formula is C79H54N4. The summed E-state index contributed by atoms with van der Waals surface area (Å²) in [7, 11) is 0. The van der Waals surface area contributed by atoms with Crippen molar-refractivity contribution in [3.8, 4) is 50.4 Å². The van der Waals surface area contributed by atoms with Crippen molar-refractivity contribution in [2.24, 2.45) is 0 Å². The van der Waals surface area contributed by atoms with Gasteiger partial charge in [0, 0.05) is 71.3 Å². The molecule has 0 amide bonds. The summed E-state index contributed by atoms with van der Waals surface area (Å²) >= 11 is 0. The molecule has 13 aromatic carbocycles. The highest BCUT2D eigenvalue weighted by Crippen LogP contribution is 2.53. The van der Waals surface area contributed by atoms with E-state index in [9.17, 15) is 0 Å². The highest BCUT2D eigenvalue weighted by molar-refractivity contribution is 6.13. The van der Waals surface area contributed by atoms with Crippen molar-refractivity contribution in [2.45, 2.75) is 19.3 Å².